The number of hydrogen-bond donors (Lipinski definition) is 2. The van der Waals surface area contributed by atoms with Gasteiger partial charge in [0.15, 0.2) is 0 Å². The van der Waals surface area contributed by atoms with Crippen molar-refractivity contribution in [3.8, 4) is 0 Å². The maximum Gasteiger partial charge on any atom is 0.274 e. The molecule has 0 bridgehead atoms. The highest BCUT2D eigenvalue weighted by Crippen LogP contribution is 2.19. The van der Waals surface area contributed by atoms with Gasteiger partial charge in [0.2, 0.25) is 5.91 Å². The van der Waals surface area contributed by atoms with Crippen LogP contribution in [-0.4, -0.2) is 23.9 Å². The van der Waals surface area contributed by atoms with E-state index in [2.05, 4.69) is 10.6 Å². The molecule has 2 N–H and O–H groups in total. The number of hydrogen-bond acceptors (Lipinski definition) is 4. The van der Waals surface area contributed by atoms with Gasteiger partial charge in [-0.1, -0.05) is 0 Å². The van der Waals surface area contributed by atoms with Crippen LogP contribution in [0.2, 0.25) is 0 Å². The Morgan fingerprint density at radius 3 is 2.84 bits per heavy atom. The third kappa shape index (κ3) is 5.01. The minimum Gasteiger partial charge on any atom is -0.356 e. The van der Waals surface area contributed by atoms with E-state index in [9.17, 15) is 19.3 Å². The Morgan fingerprint density at radius 1 is 1.47 bits per heavy atom. The quantitative estimate of drug-likeness (QED) is 0.444. The van der Waals surface area contributed by atoms with E-state index in [-0.39, 0.29) is 30.1 Å². The first-order valence-corrected chi connectivity index (χ1v) is 5.94. The lowest BCUT2D eigenvalue weighted by molar-refractivity contribution is -0.385. The Kier molecular flexibility index (Phi) is 5.87. The van der Waals surface area contributed by atoms with Crippen LogP contribution in [0.15, 0.2) is 18.2 Å². The zero-order chi connectivity index (χ0) is 14.3. The van der Waals surface area contributed by atoms with Crippen LogP contribution in [0.4, 0.5) is 10.1 Å². The molecule has 0 aromatic heterocycles. The maximum atomic E-state index is 13.0. The number of amides is 1. The lowest BCUT2D eigenvalue weighted by Gasteiger charge is -2.06. The predicted octanol–water partition coefficient (Wildman–Crippen LogP) is 1.35. The summed E-state index contributed by atoms with van der Waals surface area (Å²) in [5.74, 6) is -0.616. The van der Waals surface area contributed by atoms with Crippen LogP contribution in [0.1, 0.15) is 18.9 Å². The number of nitrogens with zero attached hydrogens (tertiary/aromatic N) is 1. The highest BCUT2D eigenvalue weighted by atomic mass is 19.1. The number of nitro benzene ring substituents is 1. The molecule has 1 rings (SSSR count). The van der Waals surface area contributed by atoms with Gasteiger partial charge in [-0.3, -0.25) is 14.9 Å². The van der Waals surface area contributed by atoms with Crippen LogP contribution in [-0.2, 0) is 11.3 Å². The van der Waals surface area contributed by atoms with Crippen molar-refractivity contribution in [2.24, 2.45) is 0 Å². The topological polar surface area (TPSA) is 84.3 Å². The Bertz CT molecular complexity index is 466. The van der Waals surface area contributed by atoms with Gasteiger partial charge in [0.05, 0.1) is 4.92 Å². The summed E-state index contributed by atoms with van der Waals surface area (Å²) < 4.78 is 13.0. The van der Waals surface area contributed by atoms with Crippen molar-refractivity contribution in [2.75, 3.05) is 13.1 Å². The van der Waals surface area contributed by atoms with E-state index < -0.39 is 10.7 Å². The van der Waals surface area contributed by atoms with Crippen LogP contribution >= 0.6 is 0 Å². The molecule has 7 heteroatoms. The van der Waals surface area contributed by atoms with Crippen molar-refractivity contribution >= 4 is 11.6 Å². The Hall–Kier alpha value is -2.02. The SMILES string of the molecule is CCNC(=O)CCNCc1cc(F)ccc1[N+](=O)[O-]. The molecule has 0 atom stereocenters. The lowest BCUT2D eigenvalue weighted by Crippen LogP contribution is -2.27. The highest BCUT2D eigenvalue weighted by Gasteiger charge is 2.13. The third-order valence-corrected chi connectivity index (χ3v) is 2.46. The van der Waals surface area contributed by atoms with Crippen molar-refractivity contribution < 1.29 is 14.1 Å². The molecular formula is C12H16FN3O3. The van der Waals surface area contributed by atoms with Crippen molar-refractivity contribution in [1.82, 2.24) is 10.6 Å². The molecule has 0 heterocycles. The van der Waals surface area contributed by atoms with Crippen molar-refractivity contribution in [3.05, 3.63) is 39.7 Å². The minimum absolute atomic E-state index is 0.0938. The van der Waals surface area contributed by atoms with Gasteiger partial charge in [-0.2, -0.15) is 0 Å². The molecule has 19 heavy (non-hydrogen) atoms. The molecule has 104 valence electrons. The van der Waals surface area contributed by atoms with Gasteiger partial charge in [0, 0.05) is 37.7 Å². The zero-order valence-electron chi connectivity index (χ0n) is 10.6. The summed E-state index contributed by atoms with van der Waals surface area (Å²) in [6.07, 6.45) is 0.275. The number of nitro groups is 1. The molecule has 0 saturated carbocycles. The summed E-state index contributed by atoms with van der Waals surface area (Å²) in [5.41, 5.74) is 0.132. The fraction of sp³-hybridized carbons (Fsp3) is 0.417. The van der Waals surface area contributed by atoms with Crippen LogP contribution < -0.4 is 10.6 Å². The summed E-state index contributed by atoms with van der Waals surface area (Å²) in [6.45, 7) is 2.91. The van der Waals surface area contributed by atoms with Crippen LogP contribution in [0.25, 0.3) is 0 Å². The van der Waals surface area contributed by atoms with Gasteiger partial charge in [-0.05, 0) is 19.1 Å². The minimum atomic E-state index is -0.555. The lowest BCUT2D eigenvalue weighted by atomic mass is 10.1. The van der Waals surface area contributed by atoms with Crippen LogP contribution in [0, 0.1) is 15.9 Å². The van der Waals surface area contributed by atoms with Gasteiger partial charge in [-0.25, -0.2) is 4.39 Å². The average Bonchev–Trinajstić information content (AvgIpc) is 2.34. The van der Waals surface area contributed by atoms with E-state index in [1.807, 2.05) is 6.92 Å². The maximum absolute atomic E-state index is 13.0. The van der Waals surface area contributed by atoms with E-state index in [0.29, 0.717) is 13.1 Å². The van der Waals surface area contributed by atoms with E-state index in [4.69, 9.17) is 0 Å². The molecule has 0 saturated heterocycles. The van der Waals surface area contributed by atoms with Crippen molar-refractivity contribution in [2.45, 2.75) is 19.9 Å². The first-order valence-electron chi connectivity index (χ1n) is 5.94. The summed E-state index contributed by atoms with van der Waals surface area (Å²) in [7, 11) is 0. The van der Waals surface area contributed by atoms with Gasteiger partial charge in [-0.15, -0.1) is 0 Å². The first-order chi connectivity index (χ1) is 9.04. The van der Waals surface area contributed by atoms with Gasteiger partial charge in [0.1, 0.15) is 5.82 Å². The van der Waals surface area contributed by atoms with Gasteiger partial charge >= 0.3 is 0 Å². The number of carbonyl (C=O) groups is 1. The Labute approximate surface area is 110 Å². The summed E-state index contributed by atoms with van der Waals surface area (Å²) in [4.78, 5) is 21.4. The normalized spacial score (nSPS) is 10.2. The molecule has 1 aromatic rings. The van der Waals surface area contributed by atoms with Gasteiger partial charge in [0.25, 0.3) is 5.69 Å². The molecule has 0 aliphatic heterocycles. The summed E-state index contributed by atoms with van der Waals surface area (Å²) in [5, 5.41) is 16.3. The fourth-order valence-electron chi connectivity index (χ4n) is 1.58. The second-order valence-corrected chi connectivity index (χ2v) is 3.91. The molecule has 1 aromatic carbocycles. The molecule has 0 unspecified atom stereocenters. The highest BCUT2D eigenvalue weighted by molar-refractivity contribution is 5.75. The standard InChI is InChI=1S/C12H16FN3O3/c1-2-15-12(17)5-6-14-8-9-7-10(13)3-4-11(9)16(18)19/h3-4,7,14H,2,5-6,8H2,1H3,(H,15,17). The second kappa shape index (κ2) is 7.42. The number of carbonyl (C=O) groups excluding carboxylic acids is 1. The number of benzene rings is 1. The molecule has 0 spiro atoms. The summed E-state index contributed by atoms with van der Waals surface area (Å²) in [6, 6.07) is 3.31. The van der Waals surface area contributed by atoms with E-state index in [1.165, 1.54) is 0 Å². The fourth-order valence-corrected chi connectivity index (χ4v) is 1.58. The number of nitrogens with one attached hydrogen (secondary N) is 2. The number of halogens is 1. The zero-order valence-corrected chi connectivity index (χ0v) is 10.6. The predicted molar refractivity (Wildman–Crippen MR) is 68.1 cm³/mol. The molecule has 1 amide bonds. The van der Waals surface area contributed by atoms with Crippen LogP contribution in [0.5, 0.6) is 0 Å². The Morgan fingerprint density at radius 2 is 2.21 bits per heavy atom. The average molecular weight is 269 g/mol. The smallest absolute Gasteiger partial charge is 0.274 e. The van der Waals surface area contributed by atoms with E-state index in [0.717, 1.165) is 18.2 Å². The van der Waals surface area contributed by atoms with E-state index >= 15 is 0 Å². The molecule has 0 radical (unpaired) electrons. The van der Waals surface area contributed by atoms with Gasteiger partial charge < -0.3 is 10.6 Å². The third-order valence-electron chi connectivity index (χ3n) is 2.46. The van der Waals surface area contributed by atoms with Crippen molar-refractivity contribution in [3.63, 3.8) is 0 Å². The van der Waals surface area contributed by atoms with Crippen molar-refractivity contribution in [1.29, 1.82) is 0 Å². The van der Waals surface area contributed by atoms with Crippen LogP contribution in [0.3, 0.4) is 0 Å². The summed E-state index contributed by atoms with van der Waals surface area (Å²) >= 11 is 0. The molecule has 6 nitrogen and oxygen atoms in total. The molecular weight excluding hydrogens is 253 g/mol. The van der Waals surface area contributed by atoms with E-state index in [1.54, 1.807) is 0 Å². The molecule has 0 fully saturated rings. The number of rotatable bonds is 7. The monoisotopic (exact) mass is 269 g/mol. The molecule has 0 aliphatic rings. The largest absolute Gasteiger partial charge is 0.356 e. The Balaban J connectivity index is 2.51. The molecule has 0 aliphatic carbocycles. The second-order valence-electron chi connectivity index (χ2n) is 3.91. The first kappa shape index (κ1) is 15.0.